The highest BCUT2D eigenvalue weighted by atomic mass is 35.5. The van der Waals surface area contributed by atoms with Gasteiger partial charge in [0.25, 0.3) is 5.91 Å². The highest BCUT2D eigenvalue weighted by Gasteiger charge is 2.37. The minimum absolute atomic E-state index is 0. The number of benzene rings is 1. The highest BCUT2D eigenvalue weighted by Crippen LogP contribution is 2.26. The molecule has 28 heavy (non-hydrogen) atoms. The number of para-hydroxylation sites is 1. The van der Waals surface area contributed by atoms with Crippen molar-refractivity contribution in [3.63, 3.8) is 0 Å². The lowest BCUT2D eigenvalue weighted by Gasteiger charge is -2.32. The van der Waals surface area contributed by atoms with Gasteiger partial charge in [-0.15, -0.1) is 12.4 Å². The van der Waals surface area contributed by atoms with Crippen LogP contribution in [0.2, 0.25) is 0 Å². The molecule has 3 unspecified atom stereocenters. The quantitative estimate of drug-likeness (QED) is 0.772. The second-order valence-electron chi connectivity index (χ2n) is 7.12. The van der Waals surface area contributed by atoms with Gasteiger partial charge in [0.2, 0.25) is 5.91 Å². The third-order valence-electron chi connectivity index (χ3n) is 5.26. The molecule has 2 heterocycles. The summed E-state index contributed by atoms with van der Waals surface area (Å²) >= 11 is 0. The van der Waals surface area contributed by atoms with E-state index in [0.717, 1.165) is 19.5 Å². The van der Waals surface area contributed by atoms with Crippen LogP contribution >= 0.6 is 12.4 Å². The molecule has 6 nitrogen and oxygen atoms in total. The minimum Gasteiger partial charge on any atom is -0.434 e. The van der Waals surface area contributed by atoms with Gasteiger partial charge >= 0.3 is 6.61 Å². The number of amides is 2. The first kappa shape index (κ1) is 22.4. The Labute approximate surface area is 169 Å². The Morgan fingerprint density at radius 3 is 2.75 bits per heavy atom. The fourth-order valence-electron chi connectivity index (χ4n) is 3.79. The number of carbonyl (C=O) groups excluding carboxylic acids is 2. The molecule has 2 amide bonds. The first-order valence-corrected chi connectivity index (χ1v) is 9.33. The van der Waals surface area contributed by atoms with E-state index in [1.54, 1.807) is 6.07 Å². The van der Waals surface area contributed by atoms with Crippen molar-refractivity contribution in [3.8, 4) is 5.75 Å². The molecule has 2 saturated heterocycles. The average molecular weight is 418 g/mol. The summed E-state index contributed by atoms with van der Waals surface area (Å²) in [5, 5.41) is 6.36. The fraction of sp³-hybridized carbons (Fsp3) is 0.579. The Hall–Kier alpha value is -1.93. The second kappa shape index (κ2) is 10.0. The predicted octanol–water partition coefficient (Wildman–Crippen LogP) is 2.43. The van der Waals surface area contributed by atoms with Crippen LogP contribution in [-0.4, -0.2) is 55.0 Å². The van der Waals surface area contributed by atoms with E-state index in [1.807, 2.05) is 0 Å². The molecule has 0 spiro atoms. The molecule has 2 aliphatic heterocycles. The number of ether oxygens (including phenoxy) is 1. The number of piperidine rings is 1. The van der Waals surface area contributed by atoms with Gasteiger partial charge in [0, 0.05) is 12.6 Å². The van der Waals surface area contributed by atoms with E-state index >= 15 is 0 Å². The molecule has 2 N–H and O–H groups in total. The van der Waals surface area contributed by atoms with Crippen LogP contribution in [0.25, 0.3) is 0 Å². The van der Waals surface area contributed by atoms with E-state index in [0.29, 0.717) is 25.3 Å². The van der Waals surface area contributed by atoms with Gasteiger partial charge in [-0.25, -0.2) is 0 Å². The lowest BCUT2D eigenvalue weighted by molar-refractivity contribution is -0.126. The van der Waals surface area contributed by atoms with Crippen molar-refractivity contribution in [2.75, 3.05) is 19.6 Å². The largest absolute Gasteiger partial charge is 0.434 e. The monoisotopic (exact) mass is 417 g/mol. The Balaban J connectivity index is 0.00000280. The normalized spacial score (nSPS) is 24.6. The molecule has 156 valence electrons. The standard InChI is InChI=1S/C19H25F2N3O3.ClH/c1-12-11-22-9-8-14(12)23-17(25)15-6-4-10-24(15)18(26)13-5-2-3-7-16(13)27-19(20)21;/h2-3,5,7,12,14-15,19,22H,4,6,8-11H2,1H3,(H,23,25);1H. The molecular weight excluding hydrogens is 392 g/mol. The van der Waals surface area contributed by atoms with Crippen LogP contribution in [-0.2, 0) is 4.79 Å². The summed E-state index contributed by atoms with van der Waals surface area (Å²) in [5.74, 6) is -0.488. The lowest BCUT2D eigenvalue weighted by Crippen LogP contribution is -2.53. The molecule has 2 aliphatic rings. The van der Waals surface area contributed by atoms with Crippen molar-refractivity contribution in [2.45, 2.75) is 44.9 Å². The van der Waals surface area contributed by atoms with Gasteiger partial charge < -0.3 is 20.3 Å². The smallest absolute Gasteiger partial charge is 0.387 e. The molecule has 2 fully saturated rings. The lowest BCUT2D eigenvalue weighted by atomic mass is 9.95. The summed E-state index contributed by atoms with van der Waals surface area (Å²) in [4.78, 5) is 27.2. The fourth-order valence-corrected chi connectivity index (χ4v) is 3.79. The molecule has 0 saturated carbocycles. The van der Waals surface area contributed by atoms with Crippen molar-refractivity contribution in [2.24, 2.45) is 5.92 Å². The Kier molecular flexibility index (Phi) is 8.00. The molecule has 0 bridgehead atoms. The molecule has 3 atom stereocenters. The molecule has 1 aromatic carbocycles. The van der Waals surface area contributed by atoms with Crippen molar-refractivity contribution in [1.29, 1.82) is 0 Å². The van der Waals surface area contributed by atoms with Gasteiger partial charge in [0.15, 0.2) is 0 Å². The number of halogens is 3. The summed E-state index contributed by atoms with van der Waals surface area (Å²) < 4.78 is 29.7. The van der Waals surface area contributed by atoms with E-state index in [9.17, 15) is 18.4 Å². The molecule has 0 aliphatic carbocycles. The summed E-state index contributed by atoms with van der Waals surface area (Å²) in [5.41, 5.74) is 0.0488. The summed E-state index contributed by atoms with van der Waals surface area (Å²) in [7, 11) is 0. The predicted molar refractivity (Wildman–Crippen MR) is 103 cm³/mol. The number of hydrogen-bond acceptors (Lipinski definition) is 4. The van der Waals surface area contributed by atoms with E-state index in [2.05, 4.69) is 22.3 Å². The number of carbonyl (C=O) groups is 2. The Bertz CT molecular complexity index is 692. The zero-order valence-corrected chi connectivity index (χ0v) is 16.5. The van der Waals surface area contributed by atoms with Crippen LogP contribution in [0.1, 0.15) is 36.5 Å². The van der Waals surface area contributed by atoms with Gasteiger partial charge in [-0.1, -0.05) is 19.1 Å². The van der Waals surface area contributed by atoms with Gasteiger partial charge in [-0.2, -0.15) is 8.78 Å². The number of alkyl halides is 2. The van der Waals surface area contributed by atoms with Gasteiger partial charge in [0.1, 0.15) is 11.8 Å². The van der Waals surface area contributed by atoms with Gasteiger partial charge in [-0.05, 0) is 50.4 Å². The summed E-state index contributed by atoms with van der Waals surface area (Å²) in [6.45, 7) is 1.17. The molecule has 1 aromatic rings. The zero-order chi connectivity index (χ0) is 19.4. The van der Waals surface area contributed by atoms with Crippen LogP contribution < -0.4 is 15.4 Å². The third-order valence-corrected chi connectivity index (χ3v) is 5.26. The maximum absolute atomic E-state index is 12.9. The van der Waals surface area contributed by atoms with Crippen LogP contribution in [0, 0.1) is 5.92 Å². The number of rotatable bonds is 5. The first-order valence-electron chi connectivity index (χ1n) is 9.33. The second-order valence-corrected chi connectivity index (χ2v) is 7.12. The molecule has 0 radical (unpaired) electrons. The number of likely N-dealkylation sites (tertiary alicyclic amines) is 1. The van der Waals surface area contributed by atoms with E-state index in [-0.39, 0.29) is 35.7 Å². The number of nitrogens with zero attached hydrogens (tertiary/aromatic N) is 1. The molecular formula is C19H26ClF2N3O3. The van der Waals surface area contributed by atoms with Crippen molar-refractivity contribution in [3.05, 3.63) is 29.8 Å². The SMILES string of the molecule is CC1CNCCC1NC(=O)C1CCCN1C(=O)c1ccccc1OC(F)F.Cl. The van der Waals surface area contributed by atoms with Crippen LogP contribution in [0.3, 0.4) is 0 Å². The first-order chi connectivity index (χ1) is 13.0. The van der Waals surface area contributed by atoms with Crippen molar-refractivity contribution in [1.82, 2.24) is 15.5 Å². The van der Waals surface area contributed by atoms with Gasteiger partial charge in [-0.3, -0.25) is 9.59 Å². The van der Waals surface area contributed by atoms with E-state index in [4.69, 9.17) is 0 Å². The van der Waals surface area contributed by atoms with Crippen LogP contribution in [0.4, 0.5) is 8.78 Å². The Morgan fingerprint density at radius 1 is 1.29 bits per heavy atom. The zero-order valence-electron chi connectivity index (χ0n) is 15.7. The third kappa shape index (κ3) is 5.11. The van der Waals surface area contributed by atoms with E-state index < -0.39 is 18.6 Å². The van der Waals surface area contributed by atoms with Crippen LogP contribution in [0.15, 0.2) is 24.3 Å². The maximum Gasteiger partial charge on any atom is 0.387 e. The maximum atomic E-state index is 12.9. The summed E-state index contributed by atoms with van der Waals surface area (Å²) in [6.07, 6.45) is 2.11. The highest BCUT2D eigenvalue weighted by molar-refractivity contribution is 6.00. The van der Waals surface area contributed by atoms with Crippen LogP contribution in [0.5, 0.6) is 5.75 Å². The van der Waals surface area contributed by atoms with Crippen molar-refractivity contribution >= 4 is 24.2 Å². The summed E-state index contributed by atoms with van der Waals surface area (Å²) in [6, 6.07) is 5.39. The minimum atomic E-state index is -3.02. The Morgan fingerprint density at radius 2 is 2.04 bits per heavy atom. The number of hydrogen-bond donors (Lipinski definition) is 2. The van der Waals surface area contributed by atoms with Gasteiger partial charge in [0.05, 0.1) is 5.56 Å². The topological polar surface area (TPSA) is 70.7 Å². The number of nitrogens with one attached hydrogen (secondary N) is 2. The van der Waals surface area contributed by atoms with Crippen molar-refractivity contribution < 1.29 is 23.1 Å². The molecule has 3 rings (SSSR count). The molecule has 9 heteroatoms. The average Bonchev–Trinajstić information content (AvgIpc) is 3.13. The molecule has 0 aromatic heterocycles. The van der Waals surface area contributed by atoms with E-state index in [1.165, 1.54) is 23.1 Å².